The van der Waals surface area contributed by atoms with Crippen LogP contribution in [-0.4, -0.2) is 41.8 Å². The van der Waals surface area contributed by atoms with Crippen molar-refractivity contribution in [3.05, 3.63) is 0 Å². The van der Waals surface area contributed by atoms with E-state index in [-0.39, 0.29) is 24.7 Å². The van der Waals surface area contributed by atoms with Gasteiger partial charge in [-0.3, -0.25) is 4.84 Å². The second-order valence-electron chi connectivity index (χ2n) is 4.71. The molecule has 2 aliphatic rings. The Hall–Kier alpha value is -0.810. The molecule has 1 saturated heterocycles. The molecule has 0 bridgehead atoms. The molecule has 0 spiro atoms. The Bertz CT molecular complexity index is 241. The molecule has 2 amide bonds. The van der Waals surface area contributed by atoms with Crippen molar-refractivity contribution in [3.63, 3.8) is 0 Å². The molecule has 16 heavy (non-hydrogen) atoms. The summed E-state index contributed by atoms with van der Waals surface area (Å²) in [4.78, 5) is 18.7. The first-order valence-corrected chi connectivity index (χ1v) is 6.11. The Kier molecular flexibility index (Phi) is 4.01. The summed E-state index contributed by atoms with van der Waals surface area (Å²) in [5, 5.41) is 8.98. The summed E-state index contributed by atoms with van der Waals surface area (Å²) in [6.45, 7) is 1.51. The van der Waals surface area contributed by atoms with Crippen LogP contribution < -0.4 is 5.48 Å². The van der Waals surface area contributed by atoms with E-state index in [0.717, 1.165) is 19.3 Å². The molecule has 92 valence electrons. The van der Waals surface area contributed by atoms with Crippen LogP contribution in [0.15, 0.2) is 0 Å². The SMILES string of the molecule is O=C(NOC1CCCC1)N1CCC(CO)C1. The molecule has 1 heterocycles. The molecule has 1 aliphatic carbocycles. The zero-order chi connectivity index (χ0) is 11.4. The summed E-state index contributed by atoms with van der Waals surface area (Å²) < 4.78 is 0. The average Bonchev–Trinajstić information content (AvgIpc) is 2.96. The Balaban J connectivity index is 1.67. The van der Waals surface area contributed by atoms with Crippen molar-refractivity contribution >= 4 is 6.03 Å². The van der Waals surface area contributed by atoms with E-state index in [2.05, 4.69) is 5.48 Å². The minimum atomic E-state index is -0.164. The van der Waals surface area contributed by atoms with Crippen LogP contribution in [0.4, 0.5) is 4.79 Å². The number of nitrogens with one attached hydrogen (secondary N) is 1. The summed E-state index contributed by atoms with van der Waals surface area (Å²) in [5.74, 6) is 0.234. The zero-order valence-electron chi connectivity index (χ0n) is 9.52. The smallest absolute Gasteiger partial charge is 0.341 e. The lowest BCUT2D eigenvalue weighted by Gasteiger charge is -2.18. The summed E-state index contributed by atoms with van der Waals surface area (Å²) in [5.41, 5.74) is 2.52. The molecule has 0 radical (unpaired) electrons. The maximum atomic E-state index is 11.7. The van der Waals surface area contributed by atoms with E-state index < -0.39 is 0 Å². The van der Waals surface area contributed by atoms with Crippen LogP contribution in [0.1, 0.15) is 32.1 Å². The normalized spacial score (nSPS) is 26.3. The number of nitrogens with zero attached hydrogens (tertiary/aromatic N) is 1. The fourth-order valence-corrected chi connectivity index (χ4v) is 2.37. The van der Waals surface area contributed by atoms with E-state index >= 15 is 0 Å². The Morgan fingerprint density at radius 1 is 1.38 bits per heavy atom. The van der Waals surface area contributed by atoms with Crippen molar-refractivity contribution in [2.24, 2.45) is 5.92 Å². The molecule has 1 aliphatic heterocycles. The molecule has 5 heteroatoms. The monoisotopic (exact) mass is 228 g/mol. The van der Waals surface area contributed by atoms with Crippen LogP contribution in [0.2, 0.25) is 0 Å². The number of rotatable bonds is 3. The standard InChI is InChI=1S/C11H20N2O3/c14-8-9-5-6-13(7-9)11(15)12-16-10-3-1-2-4-10/h9-10,14H,1-8H2,(H,12,15). The van der Waals surface area contributed by atoms with Crippen molar-refractivity contribution in [1.82, 2.24) is 10.4 Å². The third kappa shape index (κ3) is 2.86. The van der Waals surface area contributed by atoms with Crippen molar-refractivity contribution < 1.29 is 14.7 Å². The molecular formula is C11H20N2O3. The number of aliphatic hydroxyl groups excluding tert-OH is 1. The van der Waals surface area contributed by atoms with Gasteiger partial charge in [-0.2, -0.15) is 0 Å². The molecule has 2 fully saturated rings. The number of hydroxylamine groups is 1. The Morgan fingerprint density at radius 2 is 2.12 bits per heavy atom. The van der Waals surface area contributed by atoms with Gasteiger partial charge in [-0.25, -0.2) is 10.3 Å². The van der Waals surface area contributed by atoms with Crippen LogP contribution in [-0.2, 0) is 4.84 Å². The Labute approximate surface area is 95.7 Å². The zero-order valence-corrected chi connectivity index (χ0v) is 9.52. The minimum absolute atomic E-state index is 0.160. The van der Waals surface area contributed by atoms with Gasteiger partial charge in [0, 0.05) is 25.6 Å². The Morgan fingerprint density at radius 3 is 2.75 bits per heavy atom. The number of likely N-dealkylation sites (tertiary alicyclic amines) is 1. The molecule has 0 aromatic heterocycles. The molecule has 1 unspecified atom stereocenters. The molecule has 2 rings (SSSR count). The lowest BCUT2D eigenvalue weighted by Crippen LogP contribution is -2.40. The van der Waals surface area contributed by atoms with Crippen LogP contribution in [0, 0.1) is 5.92 Å². The van der Waals surface area contributed by atoms with E-state index in [1.165, 1.54) is 12.8 Å². The number of carbonyl (C=O) groups is 1. The van der Waals surface area contributed by atoms with Crippen LogP contribution >= 0.6 is 0 Å². The highest BCUT2D eigenvalue weighted by Crippen LogP contribution is 2.20. The van der Waals surface area contributed by atoms with Gasteiger partial charge in [-0.05, 0) is 19.3 Å². The number of hydrogen-bond acceptors (Lipinski definition) is 3. The third-order valence-electron chi connectivity index (χ3n) is 3.45. The van der Waals surface area contributed by atoms with Gasteiger partial charge in [0.1, 0.15) is 0 Å². The summed E-state index contributed by atoms with van der Waals surface area (Å²) in [6, 6.07) is -0.164. The summed E-state index contributed by atoms with van der Waals surface area (Å²) in [6.07, 6.45) is 5.54. The maximum Gasteiger partial charge on any atom is 0.341 e. The first-order chi connectivity index (χ1) is 7.79. The van der Waals surface area contributed by atoms with Gasteiger partial charge in [-0.1, -0.05) is 12.8 Å². The van der Waals surface area contributed by atoms with E-state index in [9.17, 15) is 4.79 Å². The van der Waals surface area contributed by atoms with Crippen molar-refractivity contribution in [3.8, 4) is 0 Å². The largest absolute Gasteiger partial charge is 0.396 e. The van der Waals surface area contributed by atoms with Crippen LogP contribution in [0.5, 0.6) is 0 Å². The van der Waals surface area contributed by atoms with Gasteiger partial charge in [0.25, 0.3) is 0 Å². The summed E-state index contributed by atoms with van der Waals surface area (Å²) >= 11 is 0. The van der Waals surface area contributed by atoms with E-state index in [1.54, 1.807) is 4.90 Å². The number of amides is 2. The maximum absolute atomic E-state index is 11.7. The fraction of sp³-hybridized carbons (Fsp3) is 0.909. The molecule has 0 aromatic rings. The second kappa shape index (κ2) is 5.50. The van der Waals surface area contributed by atoms with Gasteiger partial charge >= 0.3 is 6.03 Å². The van der Waals surface area contributed by atoms with Gasteiger partial charge < -0.3 is 10.0 Å². The van der Waals surface area contributed by atoms with Gasteiger partial charge in [0.05, 0.1) is 6.10 Å². The molecule has 2 N–H and O–H groups in total. The third-order valence-corrected chi connectivity index (χ3v) is 3.45. The highest BCUT2D eigenvalue weighted by molar-refractivity contribution is 5.73. The minimum Gasteiger partial charge on any atom is -0.396 e. The average molecular weight is 228 g/mol. The van der Waals surface area contributed by atoms with Gasteiger partial charge in [-0.15, -0.1) is 0 Å². The summed E-state index contributed by atoms with van der Waals surface area (Å²) in [7, 11) is 0. The lowest BCUT2D eigenvalue weighted by molar-refractivity contribution is -0.00702. The molecule has 1 saturated carbocycles. The highest BCUT2D eigenvalue weighted by Gasteiger charge is 2.26. The second-order valence-corrected chi connectivity index (χ2v) is 4.71. The fourth-order valence-electron chi connectivity index (χ4n) is 2.37. The predicted molar refractivity (Wildman–Crippen MR) is 58.6 cm³/mol. The molecule has 1 atom stereocenters. The van der Waals surface area contributed by atoms with E-state index in [1.807, 2.05) is 0 Å². The number of aliphatic hydroxyl groups is 1. The highest BCUT2D eigenvalue weighted by atomic mass is 16.7. The van der Waals surface area contributed by atoms with Crippen molar-refractivity contribution in [1.29, 1.82) is 0 Å². The van der Waals surface area contributed by atoms with Crippen molar-refractivity contribution in [2.45, 2.75) is 38.2 Å². The van der Waals surface area contributed by atoms with Gasteiger partial charge in [0.2, 0.25) is 0 Å². The first kappa shape index (κ1) is 11.7. The number of hydrogen-bond donors (Lipinski definition) is 2. The molecule has 0 aromatic carbocycles. The first-order valence-electron chi connectivity index (χ1n) is 6.11. The van der Waals surface area contributed by atoms with E-state index in [0.29, 0.717) is 13.1 Å². The predicted octanol–water partition coefficient (Wildman–Crippen LogP) is 0.884. The number of urea groups is 1. The topological polar surface area (TPSA) is 61.8 Å². The van der Waals surface area contributed by atoms with Crippen LogP contribution in [0.3, 0.4) is 0 Å². The van der Waals surface area contributed by atoms with E-state index in [4.69, 9.17) is 9.94 Å². The van der Waals surface area contributed by atoms with Gasteiger partial charge in [0.15, 0.2) is 0 Å². The molecular weight excluding hydrogens is 208 g/mol. The molecule has 5 nitrogen and oxygen atoms in total. The van der Waals surface area contributed by atoms with Crippen LogP contribution in [0.25, 0.3) is 0 Å². The number of carbonyl (C=O) groups excluding carboxylic acids is 1. The van der Waals surface area contributed by atoms with Crippen molar-refractivity contribution in [2.75, 3.05) is 19.7 Å². The lowest BCUT2D eigenvalue weighted by atomic mass is 10.1. The quantitative estimate of drug-likeness (QED) is 0.705.